The van der Waals surface area contributed by atoms with Crippen molar-refractivity contribution in [2.24, 2.45) is 5.14 Å². The molecule has 8 nitrogen and oxygen atoms in total. The first-order chi connectivity index (χ1) is 8.67. The van der Waals surface area contributed by atoms with Gasteiger partial charge in [0.05, 0.1) is 12.2 Å². The number of sulfonamides is 1. The molecule has 4 N–H and O–H groups in total. The van der Waals surface area contributed by atoms with Crippen molar-refractivity contribution in [1.82, 2.24) is 10.2 Å². The molecule has 0 aromatic heterocycles. The van der Waals surface area contributed by atoms with Gasteiger partial charge in [-0.3, -0.25) is 4.79 Å². The number of hydrogen-bond donors (Lipinski definition) is 3. The van der Waals surface area contributed by atoms with Gasteiger partial charge in [0.15, 0.2) is 0 Å². The van der Waals surface area contributed by atoms with Gasteiger partial charge in [0, 0.05) is 19.1 Å². The largest absolute Gasteiger partial charge is 0.481 e. The van der Waals surface area contributed by atoms with Gasteiger partial charge in [0.1, 0.15) is 0 Å². The number of urea groups is 1. The Morgan fingerprint density at radius 2 is 2.00 bits per heavy atom. The van der Waals surface area contributed by atoms with Crippen LogP contribution < -0.4 is 10.5 Å². The molecule has 0 bridgehead atoms. The van der Waals surface area contributed by atoms with Crippen molar-refractivity contribution < 1.29 is 23.1 Å². The van der Waals surface area contributed by atoms with Crippen LogP contribution in [0.4, 0.5) is 4.79 Å². The lowest BCUT2D eigenvalue weighted by Crippen LogP contribution is -2.46. The molecule has 0 aliphatic carbocycles. The monoisotopic (exact) mass is 295 g/mol. The van der Waals surface area contributed by atoms with Crippen LogP contribution in [0.5, 0.6) is 0 Å². The van der Waals surface area contributed by atoms with Gasteiger partial charge >= 0.3 is 12.0 Å². The Balaban J connectivity index is 4.18. The first-order valence-corrected chi connectivity index (χ1v) is 7.65. The quantitative estimate of drug-likeness (QED) is 0.523. The molecule has 0 aliphatic rings. The van der Waals surface area contributed by atoms with Gasteiger partial charge in [0.2, 0.25) is 10.0 Å². The minimum Gasteiger partial charge on any atom is -0.481 e. The Bertz CT molecular complexity index is 409. The first kappa shape index (κ1) is 17.6. The Morgan fingerprint density at radius 3 is 2.42 bits per heavy atom. The minimum atomic E-state index is -3.52. The molecule has 112 valence electrons. The molecule has 0 fully saturated rings. The van der Waals surface area contributed by atoms with E-state index in [1.54, 1.807) is 13.8 Å². The molecule has 1 unspecified atom stereocenters. The zero-order chi connectivity index (χ0) is 15.1. The summed E-state index contributed by atoms with van der Waals surface area (Å²) in [5, 5.41) is 16.0. The summed E-state index contributed by atoms with van der Waals surface area (Å²) in [5.41, 5.74) is 0. The van der Waals surface area contributed by atoms with Gasteiger partial charge in [-0.25, -0.2) is 18.4 Å². The smallest absolute Gasteiger partial charge is 0.317 e. The van der Waals surface area contributed by atoms with E-state index in [0.29, 0.717) is 6.54 Å². The predicted octanol–water partition coefficient (Wildman–Crippen LogP) is -0.440. The van der Waals surface area contributed by atoms with Crippen LogP contribution in [0.1, 0.15) is 26.7 Å². The lowest BCUT2D eigenvalue weighted by Gasteiger charge is -2.27. The van der Waals surface area contributed by atoms with Crippen molar-refractivity contribution in [3.63, 3.8) is 0 Å². The molecular weight excluding hydrogens is 274 g/mol. The number of carboxylic acids is 1. The number of rotatable bonds is 8. The van der Waals surface area contributed by atoms with E-state index in [4.69, 9.17) is 10.2 Å². The molecule has 2 amide bonds. The highest BCUT2D eigenvalue weighted by molar-refractivity contribution is 7.89. The minimum absolute atomic E-state index is 0.140. The van der Waals surface area contributed by atoms with Crippen LogP contribution in [0.25, 0.3) is 0 Å². The average molecular weight is 295 g/mol. The molecule has 0 radical (unpaired) electrons. The van der Waals surface area contributed by atoms with Gasteiger partial charge in [-0.15, -0.1) is 0 Å². The van der Waals surface area contributed by atoms with Gasteiger partial charge in [-0.2, -0.15) is 0 Å². The van der Waals surface area contributed by atoms with E-state index < -0.39 is 28.1 Å². The molecule has 0 heterocycles. The van der Waals surface area contributed by atoms with Crippen molar-refractivity contribution in [1.29, 1.82) is 0 Å². The molecule has 0 rings (SSSR count). The summed E-state index contributed by atoms with van der Waals surface area (Å²) in [5.74, 6) is -1.18. The fraction of sp³-hybridized carbons (Fsp3) is 0.800. The maximum Gasteiger partial charge on any atom is 0.317 e. The van der Waals surface area contributed by atoms with Crippen LogP contribution in [0.15, 0.2) is 0 Å². The zero-order valence-electron chi connectivity index (χ0n) is 11.1. The summed E-state index contributed by atoms with van der Waals surface area (Å²) >= 11 is 0. The molecule has 0 spiro atoms. The number of nitrogens with two attached hydrogens (primary N) is 1. The summed E-state index contributed by atoms with van der Waals surface area (Å²) in [4.78, 5) is 23.7. The number of primary sulfonamides is 1. The van der Waals surface area contributed by atoms with Crippen molar-refractivity contribution in [3.05, 3.63) is 0 Å². The molecule has 0 aromatic rings. The Kier molecular flexibility index (Phi) is 7.38. The van der Waals surface area contributed by atoms with Crippen LogP contribution in [0.3, 0.4) is 0 Å². The fourth-order valence-corrected chi connectivity index (χ4v) is 2.14. The summed E-state index contributed by atoms with van der Waals surface area (Å²) in [7, 11) is -3.52. The highest BCUT2D eigenvalue weighted by Crippen LogP contribution is 2.04. The van der Waals surface area contributed by atoms with Gasteiger partial charge in [-0.05, 0) is 20.3 Å². The maximum atomic E-state index is 11.8. The molecule has 19 heavy (non-hydrogen) atoms. The second kappa shape index (κ2) is 7.95. The summed E-state index contributed by atoms with van der Waals surface area (Å²) < 4.78 is 21.4. The number of amides is 2. The van der Waals surface area contributed by atoms with E-state index >= 15 is 0 Å². The SMILES string of the molecule is CCN(C(=O)NCCCS(N)(=O)=O)C(C)CC(=O)O. The third-order valence-corrected chi connectivity index (χ3v) is 3.34. The van der Waals surface area contributed by atoms with Gasteiger partial charge in [-0.1, -0.05) is 0 Å². The third kappa shape index (κ3) is 8.38. The Labute approximate surface area is 113 Å². The maximum absolute atomic E-state index is 11.8. The van der Waals surface area contributed by atoms with E-state index in [1.165, 1.54) is 4.90 Å². The lowest BCUT2D eigenvalue weighted by molar-refractivity contribution is -0.138. The standard InChI is InChI=1S/C10H21N3O5S/c1-3-13(8(2)7-9(14)15)10(16)12-5-4-6-19(11,17)18/h8H,3-7H2,1-2H3,(H,12,16)(H,14,15)(H2,11,17,18). The second-order valence-corrected chi connectivity index (χ2v) is 5.92. The summed E-state index contributed by atoms with van der Waals surface area (Å²) in [6, 6.07) is -0.841. The van der Waals surface area contributed by atoms with E-state index in [2.05, 4.69) is 5.32 Å². The number of carboxylic acid groups (broad SMARTS) is 1. The van der Waals surface area contributed by atoms with Crippen molar-refractivity contribution >= 4 is 22.0 Å². The Hall–Kier alpha value is -1.35. The summed E-state index contributed by atoms with van der Waals surface area (Å²) in [6.07, 6.45) is 0.0773. The fourth-order valence-electron chi connectivity index (χ4n) is 1.59. The molecule has 0 aliphatic heterocycles. The number of hydrogen-bond acceptors (Lipinski definition) is 4. The molecule has 0 saturated heterocycles. The molecule has 1 atom stereocenters. The van der Waals surface area contributed by atoms with Crippen LogP contribution in [-0.4, -0.2) is 55.3 Å². The average Bonchev–Trinajstić information content (AvgIpc) is 2.23. The zero-order valence-corrected chi connectivity index (χ0v) is 11.9. The van der Waals surface area contributed by atoms with E-state index in [0.717, 1.165) is 0 Å². The number of carbonyl (C=O) groups excluding carboxylic acids is 1. The second-order valence-electron chi connectivity index (χ2n) is 4.19. The van der Waals surface area contributed by atoms with Crippen LogP contribution in [0.2, 0.25) is 0 Å². The predicted molar refractivity (Wildman–Crippen MR) is 70.1 cm³/mol. The molecular formula is C10H21N3O5S. The highest BCUT2D eigenvalue weighted by atomic mass is 32.2. The normalized spacial score (nSPS) is 12.8. The van der Waals surface area contributed by atoms with Crippen molar-refractivity contribution in [2.75, 3.05) is 18.8 Å². The van der Waals surface area contributed by atoms with Gasteiger partial charge < -0.3 is 15.3 Å². The van der Waals surface area contributed by atoms with Crippen LogP contribution in [-0.2, 0) is 14.8 Å². The Morgan fingerprint density at radius 1 is 1.42 bits per heavy atom. The van der Waals surface area contributed by atoms with Crippen molar-refractivity contribution in [3.8, 4) is 0 Å². The molecule has 9 heteroatoms. The third-order valence-electron chi connectivity index (χ3n) is 2.49. The number of carbonyl (C=O) groups is 2. The van der Waals surface area contributed by atoms with Crippen LogP contribution in [0, 0.1) is 0 Å². The molecule has 0 aromatic carbocycles. The van der Waals surface area contributed by atoms with Crippen molar-refractivity contribution in [2.45, 2.75) is 32.7 Å². The summed E-state index contributed by atoms with van der Waals surface area (Å²) in [6.45, 7) is 3.92. The number of aliphatic carboxylic acids is 1. The number of nitrogens with one attached hydrogen (secondary N) is 1. The van der Waals surface area contributed by atoms with E-state index in [9.17, 15) is 18.0 Å². The highest BCUT2D eigenvalue weighted by Gasteiger charge is 2.20. The number of nitrogens with zero attached hydrogens (tertiary/aromatic N) is 1. The van der Waals surface area contributed by atoms with E-state index in [1.807, 2.05) is 0 Å². The lowest BCUT2D eigenvalue weighted by atomic mass is 10.2. The topological polar surface area (TPSA) is 130 Å². The van der Waals surface area contributed by atoms with Gasteiger partial charge in [0.25, 0.3) is 0 Å². The van der Waals surface area contributed by atoms with E-state index in [-0.39, 0.29) is 25.1 Å². The van der Waals surface area contributed by atoms with Crippen LogP contribution >= 0.6 is 0 Å². The molecule has 0 saturated carbocycles. The first-order valence-electron chi connectivity index (χ1n) is 5.94.